The van der Waals surface area contributed by atoms with Crippen molar-refractivity contribution in [3.8, 4) is 28.1 Å². The third kappa shape index (κ3) is 6.30. The molecule has 3 aromatic carbocycles. The minimum absolute atomic E-state index is 0.109. The van der Waals surface area contributed by atoms with Crippen LogP contribution in [-0.4, -0.2) is 25.6 Å². The van der Waals surface area contributed by atoms with Gasteiger partial charge in [0.25, 0.3) is 0 Å². The van der Waals surface area contributed by atoms with Gasteiger partial charge in [0.05, 0.1) is 11.9 Å². The maximum absolute atomic E-state index is 11.2. The summed E-state index contributed by atoms with van der Waals surface area (Å²) in [6, 6.07) is 26.3. The largest absolute Gasteiger partial charge is 0.489 e. The molecule has 0 spiro atoms. The Kier molecular flexibility index (Phi) is 7.36. The predicted octanol–water partition coefficient (Wildman–Crippen LogP) is 6.26. The Hall–Kier alpha value is -4.71. The third-order valence-electron chi connectivity index (χ3n) is 6.14. The molecule has 0 amide bonds. The number of benzene rings is 3. The number of carboxylic acid groups (broad SMARTS) is 1. The molecule has 6 nitrogen and oxygen atoms in total. The average Bonchev–Trinajstić information content (AvgIpc) is 3.35. The van der Waals surface area contributed by atoms with E-state index >= 15 is 0 Å². The number of ether oxygens (including phenoxy) is 1. The van der Waals surface area contributed by atoms with Crippen LogP contribution in [0.4, 0.5) is 0 Å². The summed E-state index contributed by atoms with van der Waals surface area (Å²) in [4.78, 5) is 19.7. The summed E-state index contributed by atoms with van der Waals surface area (Å²) in [6.07, 6.45) is 9.86. The van der Waals surface area contributed by atoms with Crippen molar-refractivity contribution in [3.63, 3.8) is 0 Å². The van der Waals surface area contributed by atoms with Crippen molar-refractivity contribution < 1.29 is 14.6 Å². The molecule has 5 aromatic rings. The number of hydrogen-bond acceptors (Lipinski definition) is 4. The van der Waals surface area contributed by atoms with Crippen molar-refractivity contribution in [1.29, 1.82) is 0 Å². The van der Waals surface area contributed by atoms with Crippen LogP contribution in [0.1, 0.15) is 23.1 Å². The molecule has 0 saturated carbocycles. The Morgan fingerprint density at radius 2 is 1.68 bits per heavy atom. The number of aliphatic carboxylic acids is 1. The first kappa shape index (κ1) is 24.0. The van der Waals surface area contributed by atoms with Gasteiger partial charge in [-0.05, 0) is 46.9 Å². The van der Waals surface area contributed by atoms with Gasteiger partial charge in [0.15, 0.2) is 0 Å². The van der Waals surface area contributed by atoms with Gasteiger partial charge in [-0.2, -0.15) is 0 Å². The summed E-state index contributed by atoms with van der Waals surface area (Å²) in [5.41, 5.74) is 7.24. The molecule has 0 aliphatic rings. The van der Waals surface area contributed by atoms with Gasteiger partial charge < -0.3 is 14.4 Å². The number of aryl methyl sites for hydroxylation is 1. The molecule has 0 bridgehead atoms. The number of nitrogens with zero attached hydrogens (tertiary/aromatic N) is 3. The van der Waals surface area contributed by atoms with Crippen LogP contribution in [0, 0.1) is 0 Å². The minimum atomic E-state index is -0.789. The van der Waals surface area contributed by atoms with Crippen molar-refractivity contribution in [3.05, 3.63) is 127 Å². The molecular weight excluding hydrogens is 462 g/mol. The molecule has 1 N–H and O–H groups in total. The molecule has 37 heavy (non-hydrogen) atoms. The fraction of sp³-hybridized carbons (Fsp3) is 0.129. The number of hydrogen-bond donors (Lipinski definition) is 1. The smallest absolute Gasteiger partial charge is 0.303 e. The second-order valence-corrected chi connectivity index (χ2v) is 8.85. The standard InChI is InChI=1S/C31H27N3O3/c35-31(36)14-11-27-20-34(21-29(27)25-6-2-1-3-7-25)19-23-9-12-28(13-10-23)37-22-24-5-4-8-26(17-24)30-18-32-15-16-33-30/h1-10,12-13,15-18,20-21H,11,14,19,22H2,(H,35,36). The Morgan fingerprint density at radius 3 is 2.43 bits per heavy atom. The van der Waals surface area contributed by atoms with E-state index in [9.17, 15) is 4.79 Å². The van der Waals surface area contributed by atoms with Crippen LogP contribution < -0.4 is 4.74 Å². The zero-order valence-electron chi connectivity index (χ0n) is 20.3. The van der Waals surface area contributed by atoms with Crippen LogP contribution in [0.3, 0.4) is 0 Å². The fourth-order valence-corrected chi connectivity index (χ4v) is 4.30. The zero-order chi connectivity index (χ0) is 25.5. The SMILES string of the molecule is O=C(O)CCc1cn(Cc2ccc(OCc3cccc(-c4cnccn4)c3)cc2)cc1-c1ccccc1. The Balaban J connectivity index is 1.25. The summed E-state index contributed by atoms with van der Waals surface area (Å²) in [6.45, 7) is 1.14. The van der Waals surface area contributed by atoms with E-state index in [1.54, 1.807) is 18.6 Å². The lowest BCUT2D eigenvalue weighted by Crippen LogP contribution is -1.99. The van der Waals surface area contributed by atoms with Gasteiger partial charge >= 0.3 is 5.97 Å². The summed E-state index contributed by atoms with van der Waals surface area (Å²) in [5, 5.41) is 9.16. The van der Waals surface area contributed by atoms with E-state index in [0.717, 1.165) is 44.8 Å². The number of carboxylic acids is 1. The van der Waals surface area contributed by atoms with Crippen molar-refractivity contribution >= 4 is 5.97 Å². The summed E-state index contributed by atoms with van der Waals surface area (Å²) >= 11 is 0. The van der Waals surface area contributed by atoms with Gasteiger partial charge in [-0.1, -0.05) is 60.7 Å². The Morgan fingerprint density at radius 1 is 0.865 bits per heavy atom. The first-order chi connectivity index (χ1) is 18.1. The Labute approximate surface area is 215 Å². The number of rotatable bonds is 10. The van der Waals surface area contributed by atoms with Crippen molar-refractivity contribution in [2.75, 3.05) is 0 Å². The lowest BCUT2D eigenvalue weighted by molar-refractivity contribution is -0.136. The van der Waals surface area contributed by atoms with Crippen LogP contribution >= 0.6 is 0 Å². The van der Waals surface area contributed by atoms with Gasteiger partial charge in [-0.25, -0.2) is 0 Å². The molecule has 5 rings (SSSR count). The highest BCUT2D eigenvalue weighted by molar-refractivity contribution is 5.70. The second-order valence-electron chi connectivity index (χ2n) is 8.85. The second kappa shape index (κ2) is 11.4. The first-order valence-electron chi connectivity index (χ1n) is 12.2. The minimum Gasteiger partial charge on any atom is -0.489 e. The summed E-state index contributed by atoms with van der Waals surface area (Å²) in [5.74, 6) is 0.0103. The molecule has 184 valence electrons. The van der Waals surface area contributed by atoms with Crippen LogP contribution in [-0.2, 0) is 24.4 Å². The van der Waals surface area contributed by atoms with Crippen LogP contribution in [0.5, 0.6) is 5.75 Å². The van der Waals surface area contributed by atoms with Gasteiger partial charge in [0.2, 0.25) is 0 Å². The maximum atomic E-state index is 11.2. The van der Waals surface area contributed by atoms with Crippen molar-refractivity contribution in [1.82, 2.24) is 14.5 Å². The summed E-state index contributed by atoms with van der Waals surface area (Å²) in [7, 11) is 0. The molecule has 0 aliphatic carbocycles. The average molecular weight is 490 g/mol. The van der Waals surface area contributed by atoms with E-state index in [1.807, 2.05) is 48.5 Å². The maximum Gasteiger partial charge on any atom is 0.303 e. The van der Waals surface area contributed by atoms with Crippen LogP contribution in [0.15, 0.2) is 110 Å². The highest BCUT2D eigenvalue weighted by Crippen LogP contribution is 2.27. The monoisotopic (exact) mass is 489 g/mol. The zero-order valence-corrected chi connectivity index (χ0v) is 20.3. The molecule has 0 radical (unpaired) electrons. The third-order valence-corrected chi connectivity index (χ3v) is 6.14. The van der Waals surface area contributed by atoms with E-state index in [0.29, 0.717) is 19.6 Å². The lowest BCUT2D eigenvalue weighted by Gasteiger charge is -2.09. The highest BCUT2D eigenvalue weighted by Gasteiger charge is 2.11. The van der Waals surface area contributed by atoms with E-state index in [1.165, 1.54) is 0 Å². The Bertz CT molecular complexity index is 1460. The molecule has 2 aromatic heterocycles. The van der Waals surface area contributed by atoms with E-state index in [-0.39, 0.29) is 6.42 Å². The van der Waals surface area contributed by atoms with E-state index in [2.05, 4.69) is 57.3 Å². The molecule has 6 heteroatoms. The lowest BCUT2D eigenvalue weighted by atomic mass is 10.0. The first-order valence-corrected chi connectivity index (χ1v) is 12.2. The number of carbonyl (C=O) groups is 1. The topological polar surface area (TPSA) is 77.2 Å². The molecule has 0 unspecified atom stereocenters. The molecular formula is C31H27N3O3. The van der Waals surface area contributed by atoms with Crippen molar-refractivity contribution in [2.24, 2.45) is 0 Å². The van der Waals surface area contributed by atoms with E-state index in [4.69, 9.17) is 9.84 Å². The normalized spacial score (nSPS) is 10.8. The van der Waals surface area contributed by atoms with Crippen molar-refractivity contribution in [2.45, 2.75) is 26.0 Å². The van der Waals surface area contributed by atoms with Gasteiger partial charge in [0, 0.05) is 48.9 Å². The van der Waals surface area contributed by atoms with Gasteiger partial charge in [0.1, 0.15) is 12.4 Å². The molecule has 0 atom stereocenters. The van der Waals surface area contributed by atoms with Crippen LogP contribution in [0.2, 0.25) is 0 Å². The number of aromatic nitrogens is 3. The fourth-order valence-electron chi connectivity index (χ4n) is 4.30. The predicted molar refractivity (Wildman–Crippen MR) is 143 cm³/mol. The van der Waals surface area contributed by atoms with Gasteiger partial charge in [-0.15, -0.1) is 0 Å². The summed E-state index contributed by atoms with van der Waals surface area (Å²) < 4.78 is 8.14. The molecule has 2 heterocycles. The molecule has 0 saturated heterocycles. The molecule has 0 fully saturated rings. The van der Waals surface area contributed by atoms with Crippen LogP contribution in [0.25, 0.3) is 22.4 Å². The quantitative estimate of drug-likeness (QED) is 0.251. The van der Waals surface area contributed by atoms with E-state index < -0.39 is 5.97 Å². The van der Waals surface area contributed by atoms with Gasteiger partial charge in [-0.3, -0.25) is 14.8 Å². The molecule has 0 aliphatic heterocycles. The highest BCUT2D eigenvalue weighted by atomic mass is 16.5.